The molecule has 0 saturated carbocycles. The maximum absolute atomic E-state index is 12.4. The molecule has 2 aromatic carbocycles. The lowest BCUT2D eigenvalue weighted by Crippen LogP contribution is -2.33. The maximum atomic E-state index is 12.4. The van der Waals surface area contributed by atoms with E-state index in [-0.39, 0.29) is 12.5 Å². The van der Waals surface area contributed by atoms with Crippen LogP contribution in [-0.2, 0) is 11.3 Å². The van der Waals surface area contributed by atoms with Crippen LogP contribution in [0.25, 0.3) is 0 Å². The van der Waals surface area contributed by atoms with Gasteiger partial charge in [-0.15, -0.1) is 0 Å². The van der Waals surface area contributed by atoms with Crippen molar-refractivity contribution in [1.82, 2.24) is 4.90 Å². The predicted molar refractivity (Wildman–Crippen MR) is 107 cm³/mol. The number of halogens is 3. The number of anilines is 1. The Hall–Kier alpha value is -1.77. The van der Waals surface area contributed by atoms with Gasteiger partial charge < -0.3 is 5.32 Å². The first-order chi connectivity index (χ1) is 12.4. The van der Waals surface area contributed by atoms with E-state index in [4.69, 9.17) is 40.1 Å². The molecule has 0 unspecified atom stereocenters. The summed E-state index contributed by atoms with van der Waals surface area (Å²) in [7, 11) is 0. The fourth-order valence-electron chi connectivity index (χ4n) is 2.52. The summed E-state index contributed by atoms with van der Waals surface area (Å²) >= 11 is 18.1. The van der Waals surface area contributed by atoms with Crippen LogP contribution in [0.2, 0.25) is 15.1 Å². The number of carbonyl (C=O) groups is 1. The van der Waals surface area contributed by atoms with Crippen LogP contribution in [0, 0.1) is 11.3 Å². The third kappa shape index (κ3) is 5.89. The lowest BCUT2D eigenvalue weighted by molar-refractivity contribution is -0.117. The Bertz CT molecular complexity index is 793. The smallest absolute Gasteiger partial charge is 0.238 e. The number of nitrogens with one attached hydrogen (secondary N) is 1. The number of hydrogen-bond donors (Lipinski definition) is 1. The van der Waals surface area contributed by atoms with Gasteiger partial charge >= 0.3 is 0 Å². The highest BCUT2D eigenvalue weighted by molar-refractivity contribution is 6.42. The molecule has 7 heteroatoms. The van der Waals surface area contributed by atoms with Gasteiger partial charge in [-0.1, -0.05) is 53.9 Å². The molecular weight excluding hydrogens is 393 g/mol. The Balaban J connectivity index is 2.04. The minimum absolute atomic E-state index is 0.198. The van der Waals surface area contributed by atoms with Gasteiger partial charge in [-0.2, -0.15) is 5.26 Å². The molecule has 0 aromatic heterocycles. The van der Waals surface area contributed by atoms with Crippen LogP contribution < -0.4 is 5.32 Å². The number of benzene rings is 2. The Morgan fingerprint density at radius 2 is 1.77 bits per heavy atom. The van der Waals surface area contributed by atoms with E-state index in [0.717, 1.165) is 18.5 Å². The number of amides is 1. The van der Waals surface area contributed by atoms with Crippen molar-refractivity contribution < 1.29 is 4.79 Å². The first-order valence-electron chi connectivity index (χ1n) is 8.08. The van der Waals surface area contributed by atoms with Gasteiger partial charge in [-0.3, -0.25) is 9.69 Å². The summed E-state index contributed by atoms with van der Waals surface area (Å²) in [6, 6.07) is 12.5. The first kappa shape index (κ1) is 20.5. The maximum Gasteiger partial charge on any atom is 0.238 e. The van der Waals surface area contributed by atoms with Crippen LogP contribution in [0.3, 0.4) is 0 Å². The highest BCUT2D eigenvalue weighted by Crippen LogP contribution is 2.33. The third-order valence-corrected chi connectivity index (χ3v) is 4.48. The van der Waals surface area contributed by atoms with E-state index in [9.17, 15) is 4.79 Å². The summed E-state index contributed by atoms with van der Waals surface area (Å²) in [6.07, 6.45) is 0.909. The summed E-state index contributed by atoms with van der Waals surface area (Å²) in [5.74, 6) is -0.210. The molecule has 136 valence electrons. The number of carbonyl (C=O) groups excluding carboxylic acids is 1. The van der Waals surface area contributed by atoms with Crippen LogP contribution in [-0.4, -0.2) is 23.9 Å². The monoisotopic (exact) mass is 409 g/mol. The molecule has 4 nitrogen and oxygen atoms in total. The molecule has 0 bridgehead atoms. The molecule has 0 radical (unpaired) electrons. The molecule has 0 saturated heterocycles. The minimum atomic E-state index is -0.210. The molecule has 0 spiro atoms. The molecule has 2 aromatic rings. The van der Waals surface area contributed by atoms with Gasteiger partial charge in [0.2, 0.25) is 5.91 Å². The van der Waals surface area contributed by atoms with Crippen molar-refractivity contribution in [1.29, 1.82) is 5.26 Å². The SMILES string of the molecule is CCCN(CC(=O)Nc1c(Cl)cc(Cl)cc1Cl)Cc1ccc(C#N)cc1. The number of nitrogens with zero attached hydrogens (tertiary/aromatic N) is 2. The Morgan fingerprint density at radius 3 is 2.31 bits per heavy atom. The summed E-state index contributed by atoms with van der Waals surface area (Å²) < 4.78 is 0. The second-order valence-electron chi connectivity index (χ2n) is 5.81. The molecular formula is C19H18Cl3N3O. The molecule has 0 aliphatic rings. The van der Waals surface area contributed by atoms with Crippen LogP contribution >= 0.6 is 34.8 Å². The van der Waals surface area contributed by atoms with Gasteiger partial charge in [0.05, 0.1) is 33.9 Å². The second-order valence-corrected chi connectivity index (χ2v) is 7.06. The van der Waals surface area contributed by atoms with Crippen molar-refractivity contribution in [3.63, 3.8) is 0 Å². The van der Waals surface area contributed by atoms with Gasteiger partial charge in [-0.05, 0) is 42.8 Å². The van der Waals surface area contributed by atoms with Gasteiger partial charge in [-0.25, -0.2) is 0 Å². The van der Waals surface area contributed by atoms with Crippen LogP contribution in [0.5, 0.6) is 0 Å². The molecule has 2 rings (SSSR count). The van der Waals surface area contributed by atoms with E-state index >= 15 is 0 Å². The van der Waals surface area contributed by atoms with Gasteiger partial charge in [0.15, 0.2) is 0 Å². The summed E-state index contributed by atoms with van der Waals surface area (Å²) in [4.78, 5) is 14.5. The van der Waals surface area contributed by atoms with Crippen molar-refractivity contribution in [3.05, 3.63) is 62.6 Å². The van der Waals surface area contributed by atoms with Crippen molar-refractivity contribution >= 4 is 46.4 Å². The van der Waals surface area contributed by atoms with Crippen LogP contribution in [0.1, 0.15) is 24.5 Å². The molecule has 26 heavy (non-hydrogen) atoms. The number of hydrogen-bond acceptors (Lipinski definition) is 3. The zero-order chi connectivity index (χ0) is 19.1. The number of rotatable bonds is 7. The summed E-state index contributed by atoms with van der Waals surface area (Å²) in [5.41, 5.74) is 2.01. The molecule has 1 amide bonds. The Labute approximate surface area is 168 Å². The standard InChI is InChI=1S/C19H18Cl3N3O/c1-2-7-25(11-14-5-3-13(10-23)4-6-14)12-18(26)24-19-16(21)8-15(20)9-17(19)22/h3-6,8-9H,2,7,11-12H2,1H3,(H,24,26). The van der Waals surface area contributed by atoms with Gasteiger partial charge in [0.25, 0.3) is 0 Å². The fourth-order valence-corrected chi connectivity index (χ4v) is 3.43. The molecule has 0 fully saturated rings. The van der Waals surface area contributed by atoms with Crippen LogP contribution in [0.15, 0.2) is 36.4 Å². The third-order valence-electron chi connectivity index (χ3n) is 3.67. The normalized spacial score (nSPS) is 10.6. The van der Waals surface area contributed by atoms with E-state index in [1.807, 2.05) is 17.0 Å². The average molecular weight is 411 g/mol. The zero-order valence-electron chi connectivity index (χ0n) is 14.2. The minimum Gasteiger partial charge on any atom is -0.322 e. The van der Waals surface area contributed by atoms with Crippen LogP contribution in [0.4, 0.5) is 5.69 Å². The fraction of sp³-hybridized carbons (Fsp3) is 0.263. The lowest BCUT2D eigenvalue weighted by Gasteiger charge is -2.21. The van der Waals surface area contributed by atoms with Crippen molar-refractivity contribution in [2.24, 2.45) is 0 Å². The van der Waals surface area contributed by atoms with Crippen molar-refractivity contribution in [3.8, 4) is 6.07 Å². The largest absolute Gasteiger partial charge is 0.322 e. The second kappa shape index (κ2) is 9.80. The predicted octanol–water partition coefficient (Wildman–Crippen LogP) is 5.37. The van der Waals surface area contributed by atoms with E-state index in [0.29, 0.717) is 32.9 Å². The highest BCUT2D eigenvalue weighted by atomic mass is 35.5. The Kier molecular flexibility index (Phi) is 7.74. The zero-order valence-corrected chi connectivity index (χ0v) is 16.5. The Morgan fingerprint density at radius 1 is 1.15 bits per heavy atom. The quantitative estimate of drug-likeness (QED) is 0.667. The molecule has 0 aliphatic carbocycles. The highest BCUT2D eigenvalue weighted by Gasteiger charge is 2.15. The van der Waals surface area contributed by atoms with Gasteiger partial charge in [0, 0.05) is 11.6 Å². The van der Waals surface area contributed by atoms with E-state index in [1.54, 1.807) is 12.1 Å². The molecule has 1 N–H and O–H groups in total. The first-order valence-corrected chi connectivity index (χ1v) is 9.22. The summed E-state index contributed by atoms with van der Waals surface area (Å²) in [6.45, 7) is 3.62. The molecule has 0 aliphatic heterocycles. The summed E-state index contributed by atoms with van der Waals surface area (Å²) in [5, 5.41) is 12.6. The van der Waals surface area contributed by atoms with E-state index in [2.05, 4.69) is 18.3 Å². The van der Waals surface area contributed by atoms with Gasteiger partial charge in [0.1, 0.15) is 0 Å². The van der Waals surface area contributed by atoms with Crippen molar-refractivity contribution in [2.75, 3.05) is 18.4 Å². The number of nitriles is 1. The van der Waals surface area contributed by atoms with Crippen molar-refractivity contribution in [2.45, 2.75) is 19.9 Å². The topological polar surface area (TPSA) is 56.1 Å². The average Bonchev–Trinajstić information content (AvgIpc) is 2.59. The van der Waals surface area contributed by atoms with E-state index in [1.165, 1.54) is 12.1 Å². The van der Waals surface area contributed by atoms with E-state index < -0.39 is 0 Å². The molecule has 0 heterocycles. The molecule has 0 atom stereocenters. The lowest BCUT2D eigenvalue weighted by atomic mass is 10.1.